The zero-order valence-corrected chi connectivity index (χ0v) is 20.3. The Balaban J connectivity index is 1.78. The molecule has 9 atom stereocenters. The lowest BCUT2D eigenvalue weighted by atomic mass is 9.54. The van der Waals surface area contributed by atoms with E-state index < -0.39 is 72.0 Å². The van der Waals surface area contributed by atoms with Crippen LogP contribution in [0.5, 0.6) is 0 Å². The van der Waals surface area contributed by atoms with Gasteiger partial charge in [0, 0.05) is 0 Å². The molecule has 0 aromatic carbocycles. The van der Waals surface area contributed by atoms with Crippen molar-refractivity contribution in [2.45, 2.75) is 83.6 Å². The van der Waals surface area contributed by atoms with Gasteiger partial charge in [-0.2, -0.15) is 0 Å². The molecule has 3 aliphatic heterocycles. The van der Waals surface area contributed by atoms with Crippen LogP contribution in [-0.2, 0) is 47.6 Å². The molecule has 0 aromatic rings. The molecular weight excluding hydrogens is 464 g/mol. The molecule has 1 N–H and O–H groups in total. The highest BCUT2D eigenvalue weighted by atomic mass is 16.7. The molecule has 3 saturated heterocycles. The second-order valence-corrected chi connectivity index (χ2v) is 10.0. The van der Waals surface area contributed by atoms with Crippen molar-refractivity contribution in [1.82, 2.24) is 0 Å². The Labute approximate surface area is 203 Å². The summed E-state index contributed by atoms with van der Waals surface area (Å²) in [5, 5.41) is 8.80. The Morgan fingerprint density at radius 2 is 1.97 bits per heavy atom. The van der Waals surface area contributed by atoms with E-state index in [-0.39, 0.29) is 19.1 Å². The van der Waals surface area contributed by atoms with Crippen LogP contribution in [0.1, 0.15) is 52.9 Å². The van der Waals surface area contributed by atoms with Gasteiger partial charge in [-0.05, 0) is 39.0 Å². The van der Waals surface area contributed by atoms with E-state index in [0.717, 1.165) is 19.3 Å². The molecule has 0 bridgehead atoms. The highest BCUT2D eigenvalue weighted by Gasteiger charge is 2.85. The number of carbonyl (C=O) groups is 4. The van der Waals surface area contributed by atoms with Crippen LogP contribution >= 0.6 is 0 Å². The zero-order chi connectivity index (χ0) is 25.4. The second kappa shape index (κ2) is 10.0. The van der Waals surface area contributed by atoms with Crippen molar-refractivity contribution in [3.63, 3.8) is 0 Å². The predicted molar refractivity (Wildman–Crippen MR) is 116 cm³/mol. The summed E-state index contributed by atoms with van der Waals surface area (Å²) in [6.45, 7) is 5.43. The third-order valence-electron chi connectivity index (χ3n) is 8.23. The van der Waals surface area contributed by atoms with Crippen LogP contribution in [0.15, 0.2) is 0 Å². The SMILES string of the molecule is CCCC[C@@H]1CC(OC=O)[C@]23C[C@H](C)OC(=O)C(C)[C@@H]2O[C@@H]2OC(=O)[C@H](OCCOCC(=O)O)C123. The van der Waals surface area contributed by atoms with Crippen molar-refractivity contribution in [1.29, 1.82) is 0 Å². The molecule has 35 heavy (non-hydrogen) atoms. The summed E-state index contributed by atoms with van der Waals surface area (Å²) >= 11 is 0. The predicted octanol–water partition coefficient (Wildman–Crippen LogP) is 1.45. The first-order valence-corrected chi connectivity index (χ1v) is 12.3. The number of cyclic esters (lactones) is 1. The van der Waals surface area contributed by atoms with Crippen molar-refractivity contribution >= 4 is 24.4 Å². The number of unbranched alkanes of at least 4 members (excludes halogenated alkanes) is 1. The van der Waals surface area contributed by atoms with Gasteiger partial charge in [0.05, 0.1) is 42.2 Å². The first kappa shape index (κ1) is 25.8. The van der Waals surface area contributed by atoms with E-state index in [1.54, 1.807) is 13.8 Å². The largest absolute Gasteiger partial charge is 0.480 e. The number of hydrogen-bond donors (Lipinski definition) is 1. The van der Waals surface area contributed by atoms with Crippen molar-refractivity contribution < 1.29 is 52.7 Å². The molecule has 2 spiro atoms. The van der Waals surface area contributed by atoms with Crippen LogP contribution in [0.4, 0.5) is 0 Å². The lowest BCUT2D eigenvalue weighted by molar-refractivity contribution is -0.180. The zero-order valence-electron chi connectivity index (χ0n) is 20.3. The van der Waals surface area contributed by atoms with Crippen LogP contribution < -0.4 is 0 Å². The van der Waals surface area contributed by atoms with E-state index >= 15 is 0 Å². The third-order valence-corrected chi connectivity index (χ3v) is 8.23. The summed E-state index contributed by atoms with van der Waals surface area (Å²) in [4.78, 5) is 48.4. The van der Waals surface area contributed by atoms with Crippen LogP contribution in [0.2, 0.25) is 0 Å². The summed E-state index contributed by atoms with van der Waals surface area (Å²) in [5.74, 6) is -2.93. The van der Waals surface area contributed by atoms with E-state index in [1.165, 1.54) is 0 Å². The van der Waals surface area contributed by atoms with Gasteiger partial charge >= 0.3 is 17.9 Å². The Hall–Kier alpha value is -2.24. The number of aliphatic carboxylic acids is 1. The van der Waals surface area contributed by atoms with Crippen LogP contribution in [0.3, 0.4) is 0 Å². The second-order valence-electron chi connectivity index (χ2n) is 10.0. The molecule has 196 valence electrons. The molecule has 3 unspecified atom stereocenters. The Kier molecular flexibility index (Phi) is 7.40. The first-order valence-electron chi connectivity index (χ1n) is 12.3. The summed E-state index contributed by atoms with van der Waals surface area (Å²) < 4.78 is 34.6. The van der Waals surface area contributed by atoms with Crippen LogP contribution in [0.25, 0.3) is 0 Å². The number of hydrogen-bond acceptors (Lipinski definition) is 10. The quantitative estimate of drug-likeness (QED) is 0.191. The molecule has 4 rings (SSSR count). The van der Waals surface area contributed by atoms with Gasteiger partial charge in [-0.1, -0.05) is 19.8 Å². The van der Waals surface area contributed by atoms with Gasteiger partial charge in [0.25, 0.3) is 6.47 Å². The monoisotopic (exact) mass is 498 g/mol. The van der Waals surface area contributed by atoms with E-state index in [1.807, 2.05) is 0 Å². The fourth-order valence-electron chi connectivity index (χ4n) is 7.18. The maximum atomic E-state index is 13.2. The average Bonchev–Trinajstić information content (AvgIpc) is 3.31. The molecule has 0 amide bonds. The smallest absolute Gasteiger partial charge is 0.338 e. The lowest BCUT2D eigenvalue weighted by Crippen LogP contribution is -2.58. The molecule has 11 nitrogen and oxygen atoms in total. The summed E-state index contributed by atoms with van der Waals surface area (Å²) in [7, 11) is 0. The van der Waals surface area contributed by atoms with Crippen LogP contribution in [0, 0.1) is 22.7 Å². The van der Waals surface area contributed by atoms with Gasteiger partial charge in [-0.3, -0.25) is 9.59 Å². The molecule has 11 heteroatoms. The standard InChI is InChI=1S/C24H34O11/c1-4-5-6-15-9-16(32-12-25)23-10-13(2)33-20(28)14(3)18(23)34-22-24(15,23)19(21(29)35-22)31-8-7-30-11-17(26)27/h12-16,18-19,22H,4-11H2,1-3H3,(H,26,27)/t13-,14?,15+,16?,18-,19-,22+,23+,24?/m0/s1. The summed E-state index contributed by atoms with van der Waals surface area (Å²) in [6, 6.07) is 0. The fraction of sp³-hybridized carbons (Fsp3) is 0.833. The topological polar surface area (TPSA) is 144 Å². The van der Waals surface area contributed by atoms with Gasteiger partial charge in [0.1, 0.15) is 12.7 Å². The average molecular weight is 499 g/mol. The van der Waals surface area contributed by atoms with Crippen LogP contribution in [-0.4, -0.2) is 80.0 Å². The minimum Gasteiger partial charge on any atom is -0.480 e. The Morgan fingerprint density at radius 1 is 1.20 bits per heavy atom. The minimum atomic E-state index is -1.11. The van der Waals surface area contributed by atoms with Gasteiger partial charge in [0.2, 0.25) is 6.29 Å². The van der Waals surface area contributed by atoms with Crippen molar-refractivity contribution in [3.8, 4) is 0 Å². The molecule has 4 fully saturated rings. The summed E-state index contributed by atoms with van der Waals surface area (Å²) in [5.41, 5.74) is -1.97. The van der Waals surface area contributed by atoms with Gasteiger partial charge in [-0.25, -0.2) is 9.59 Å². The molecule has 0 aromatic heterocycles. The van der Waals surface area contributed by atoms with Gasteiger partial charge in [-0.15, -0.1) is 0 Å². The summed E-state index contributed by atoms with van der Waals surface area (Å²) in [6.07, 6.45) is -0.536. The Bertz CT molecular complexity index is 845. The number of carboxylic acid groups (broad SMARTS) is 1. The molecule has 3 heterocycles. The first-order chi connectivity index (χ1) is 16.7. The normalized spacial score (nSPS) is 41.9. The third kappa shape index (κ3) is 3.92. The highest BCUT2D eigenvalue weighted by molar-refractivity contribution is 5.80. The maximum Gasteiger partial charge on any atom is 0.338 e. The van der Waals surface area contributed by atoms with E-state index in [9.17, 15) is 19.2 Å². The van der Waals surface area contributed by atoms with E-state index in [2.05, 4.69) is 6.92 Å². The van der Waals surface area contributed by atoms with Gasteiger partial charge < -0.3 is 33.5 Å². The lowest BCUT2D eigenvalue weighted by Gasteiger charge is -2.46. The number of ether oxygens (including phenoxy) is 6. The molecular formula is C24H34O11. The van der Waals surface area contributed by atoms with Gasteiger partial charge in [0.15, 0.2) is 6.10 Å². The molecule has 0 radical (unpaired) electrons. The number of rotatable bonds is 11. The molecule has 1 aliphatic carbocycles. The Morgan fingerprint density at radius 3 is 2.66 bits per heavy atom. The van der Waals surface area contributed by atoms with E-state index in [4.69, 9.17) is 33.5 Å². The highest BCUT2D eigenvalue weighted by Crippen LogP contribution is 2.74. The fourth-order valence-corrected chi connectivity index (χ4v) is 7.18. The molecule has 4 aliphatic rings. The van der Waals surface area contributed by atoms with Crippen molar-refractivity contribution in [2.24, 2.45) is 22.7 Å². The number of carboxylic acids is 1. The minimum absolute atomic E-state index is 0.0313. The van der Waals surface area contributed by atoms with E-state index in [0.29, 0.717) is 19.3 Å². The van der Waals surface area contributed by atoms with Crippen molar-refractivity contribution in [3.05, 3.63) is 0 Å². The van der Waals surface area contributed by atoms with Crippen molar-refractivity contribution in [2.75, 3.05) is 19.8 Å². The number of carbonyl (C=O) groups excluding carboxylic acids is 3. The number of esters is 2. The molecule has 1 saturated carbocycles. The maximum absolute atomic E-state index is 13.2.